The lowest BCUT2D eigenvalue weighted by atomic mass is 9.65. The molecule has 11 nitrogen and oxygen atoms in total. The maximum absolute atomic E-state index is 13.9. The maximum Gasteiger partial charge on any atom is 0.338 e. The number of ether oxygens (including phenoxy) is 3. The van der Waals surface area contributed by atoms with Gasteiger partial charge in [-0.05, 0) is 39.1 Å². The molecule has 3 aliphatic rings. The molecule has 1 saturated heterocycles. The van der Waals surface area contributed by atoms with E-state index >= 15 is 0 Å². The number of nitrogens with zero attached hydrogens (tertiary/aromatic N) is 1. The van der Waals surface area contributed by atoms with Crippen LogP contribution in [0.5, 0.6) is 11.5 Å². The van der Waals surface area contributed by atoms with Gasteiger partial charge in [0, 0.05) is 35.9 Å². The van der Waals surface area contributed by atoms with Crippen LogP contribution in [0.2, 0.25) is 0 Å². The van der Waals surface area contributed by atoms with E-state index in [2.05, 4.69) is 0 Å². The Labute approximate surface area is 243 Å². The highest BCUT2D eigenvalue weighted by atomic mass is 16.7. The van der Waals surface area contributed by atoms with Crippen LogP contribution in [0.25, 0.3) is 0 Å². The molecule has 1 heterocycles. The first kappa shape index (κ1) is 30.1. The molecule has 0 amide bonds. The molecular weight excluding hydrogens is 546 g/mol. The van der Waals surface area contributed by atoms with Gasteiger partial charge in [0.25, 0.3) is 0 Å². The third kappa shape index (κ3) is 4.42. The van der Waals surface area contributed by atoms with Crippen molar-refractivity contribution in [1.29, 1.82) is 0 Å². The van der Waals surface area contributed by atoms with Crippen LogP contribution in [0.4, 0.5) is 0 Å². The number of aliphatic hydroxyl groups is 2. The van der Waals surface area contributed by atoms with E-state index in [1.165, 1.54) is 18.2 Å². The summed E-state index contributed by atoms with van der Waals surface area (Å²) in [4.78, 5) is 43.0. The molecule has 5 rings (SSSR count). The molecule has 1 aliphatic heterocycles. The molecule has 0 aromatic heterocycles. The van der Waals surface area contributed by atoms with Gasteiger partial charge in [0.1, 0.15) is 11.5 Å². The number of hydrogen-bond acceptors (Lipinski definition) is 11. The number of ketones is 2. The summed E-state index contributed by atoms with van der Waals surface area (Å²) in [5.74, 6) is -4.27. The molecule has 0 saturated carbocycles. The van der Waals surface area contributed by atoms with Gasteiger partial charge in [-0.1, -0.05) is 26.0 Å². The Morgan fingerprint density at radius 1 is 1.10 bits per heavy atom. The van der Waals surface area contributed by atoms with Crippen LogP contribution >= 0.6 is 0 Å². The lowest BCUT2D eigenvalue weighted by molar-refractivity contribution is -0.258. The number of aliphatic hydroxyl groups excluding tert-OH is 1. The van der Waals surface area contributed by atoms with Crippen LogP contribution in [-0.2, 0) is 14.2 Å². The normalized spacial score (nSPS) is 30.5. The second kappa shape index (κ2) is 10.7. The summed E-state index contributed by atoms with van der Waals surface area (Å²) < 4.78 is 17.5. The second-order valence-electron chi connectivity index (χ2n) is 11.7. The zero-order chi connectivity index (χ0) is 30.8. The molecule has 42 heavy (non-hydrogen) atoms. The van der Waals surface area contributed by atoms with Crippen molar-refractivity contribution < 1.29 is 49.0 Å². The molecular formula is C31H37NO10. The number of carbonyl (C=O) groups excluding carboxylic acids is 3. The SMILES string of the molecule is CCC1(O)CC(OC2CC(N(C)C)C(O)C(C)O2)c2c(O)c3c(c(C(=O)OC)c2C1C)C(=O)c1cccc(O)c1C3=O. The monoisotopic (exact) mass is 583 g/mol. The lowest BCUT2D eigenvalue weighted by Gasteiger charge is -2.46. The molecule has 11 heteroatoms. The van der Waals surface area contributed by atoms with E-state index in [0.29, 0.717) is 0 Å². The average Bonchev–Trinajstić information content (AvgIpc) is 2.95. The molecule has 0 radical (unpaired) electrons. The number of rotatable bonds is 5. The number of likely N-dealkylation sites (N-methyl/N-ethyl adjacent to an activating group) is 1. The summed E-state index contributed by atoms with van der Waals surface area (Å²) in [6, 6.07) is 3.72. The fraction of sp³-hybridized carbons (Fsp3) is 0.516. The van der Waals surface area contributed by atoms with Crippen LogP contribution in [-0.4, -0.2) is 94.2 Å². The largest absolute Gasteiger partial charge is 0.507 e. The van der Waals surface area contributed by atoms with E-state index in [9.17, 15) is 34.8 Å². The fourth-order valence-electron chi connectivity index (χ4n) is 6.79. The molecule has 2 aromatic rings. The average molecular weight is 584 g/mol. The zero-order valence-electron chi connectivity index (χ0n) is 24.5. The number of benzene rings is 2. The van der Waals surface area contributed by atoms with Gasteiger partial charge in [0.2, 0.25) is 5.78 Å². The van der Waals surface area contributed by atoms with E-state index in [-0.39, 0.29) is 58.7 Å². The first-order valence-corrected chi connectivity index (χ1v) is 14.1. The quantitative estimate of drug-likeness (QED) is 0.327. The van der Waals surface area contributed by atoms with Crippen molar-refractivity contribution in [2.45, 2.75) is 82.2 Å². The second-order valence-corrected chi connectivity index (χ2v) is 11.7. The zero-order valence-corrected chi connectivity index (χ0v) is 24.5. The topological polar surface area (TPSA) is 163 Å². The van der Waals surface area contributed by atoms with Crippen LogP contribution in [0.15, 0.2) is 18.2 Å². The highest BCUT2D eigenvalue weighted by Gasteiger charge is 2.51. The maximum atomic E-state index is 13.9. The highest BCUT2D eigenvalue weighted by molar-refractivity contribution is 6.32. The van der Waals surface area contributed by atoms with Gasteiger partial charge in [-0.25, -0.2) is 4.79 Å². The van der Waals surface area contributed by atoms with Crippen molar-refractivity contribution >= 4 is 17.5 Å². The predicted octanol–water partition coefficient (Wildman–Crippen LogP) is 2.79. The van der Waals surface area contributed by atoms with Gasteiger partial charge in [-0.3, -0.25) is 9.59 Å². The van der Waals surface area contributed by atoms with Crippen molar-refractivity contribution in [3.63, 3.8) is 0 Å². The number of methoxy groups -OCH3 is 1. The molecule has 2 aliphatic carbocycles. The number of aromatic hydroxyl groups is 2. The Morgan fingerprint density at radius 3 is 2.40 bits per heavy atom. The number of hydrogen-bond donors (Lipinski definition) is 4. The van der Waals surface area contributed by atoms with Crippen LogP contribution in [0.1, 0.15) is 105 Å². The summed E-state index contributed by atoms with van der Waals surface area (Å²) >= 11 is 0. The summed E-state index contributed by atoms with van der Waals surface area (Å²) in [7, 11) is 4.79. The van der Waals surface area contributed by atoms with Gasteiger partial charge < -0.3 is 39.5 Å². The third-order valence-electron chi connectivity index (χ3n) is 9.28. The number of carbonyl (C=O) groups is 3. The first-order valence-electron chi connectivity index (χ1n) is 14.1. The molecule has 226 valence electrons. The molecule has 0 spiro atoms. The molecule has 2 aromatic carbocycles. The van der Waals surface area contributed by atoms with Crippen molar-refractivity contribution in [2.24, 2.45) is 0 Å². The van der Waals surface area contributed by atoms with E-state index in [4.69, 9.17) is 14.2 Å². The standard InChI is InChI=1S/C31H37NO10/c1-7-31(39)12-18(42-19-11-16(32(4)5)26(34)14(3)41-19)22-20(13(31)2)24(30(38)40-6)23-25(29(22)37)28(36)21-15(27(23)35)9-8-10-17(21)33/h8-10,13-14,16,18-19,26,33-34,37,39H,7,11-12H2,1-6H3. The Hall–Kier alpha value is -3.35. The fourth-order valence-corrected chi connectivity index (χ4v) is 6.79. The Balaban J connectivity index is 1.76. The van der Waals surface area contributed by atoms with Crippen molar-refractivity contribution in [2.75, 3.05) is 21.2 Å². The van der Waals surface area contributed by atoms with E-state index < -0.39 is 70.7 Å². The minimum absolute atomic E-state index is 0.0158. The Bertz CT molecular complexity index is 1470. The molecule has 4 N–H and O–H groups in total. The number of esters is 1. The van der Waals surface area contributed by atoms with Gasteiger partial charge >= 0.3 is 5.97 Å². The number of fused-ring (bicyclic) bond motifs is 3. The first-order chi connectivity index (χ1) is 19.8. The van der Waals surface area contributed by atoms with Gasteiger partial charge in [0.15, 0.2) is 12.1 Å². The van der Waals surface area contributed by atoms with E-state index in [1.54, 1.807) is 20.8 Å². The summed E-state index contributed by atoms with van der Waals surface area (Å²) in [5.41, 5.74) is -2.61. The molecule has 7 unspecified atom stereocenters. The lowest BCUT2D eigenvalue weighted by Crippen LogP contribution is -2.54. The molecule has 0 bridgehead atoms. The highest BCUT2D eigenvalue weighted by Crippen LogP contribution is 2.55. The van der Waals surface area contributed by atoms with E-state index in [1.807, 2.05) is 19.0 Å². The molecule has 7 atom stereocenters. The van der Waals surface area contributed by atoms with Crippen LogP contribution in [0.3, 0.4) is 0 Å². The van der Waals surface area contributed by atoms with Crippen molar-refractivity contribution in [3.8, 4) is 11.5 Å². The molecule has 1 fully saturated rings. The van der Waals surface area contributed by atoms with Gasteiger partial charge in [0.05, 0.1) is 53.3 Å². The van der Waals surface area contributed by atoms with Crippen molar-refractivity contribution in [3.05, 3.63) is 57.1 Å². The Morgan fingerprint density at radius 2 is 1.79 bits per heavy atom. The minimum Gasteiger partial charge on any atom is -0.507 e. The summed E-state index contributed by atoms with van der Waals surface area (Å²) in [5, 5.41) is 44.8. The summed E-state index contributed by atoms with van der Waals surface area (Å²) in [6.45, 7) is 5.18. The van der Waals surface area contributed by atoms with Gasteiger partial charge in [-0.15, -0.1) is 0 Å². The van der Waals surface area contributed by atoms with Crippen LogP contribution < -0.4 is 0 Å². The van der Waals surface area contributed by atoms with Crippen LogP contribution in [0, 0.1) is 0 Å². The number of phenolic OH excluding ortho intramolecular Hbond substituents is 2. The summed E-state index contributed by atoms with van der Waals surface area (Å²) in [6.07, 6.45) is -2.83. The van der Waals surface area contributed by atoms with E-state index in [0.717, 1.165) is 7.11 Å². The third-order valence-corrected chi connectivity index (χ3v) is 9.28. The smallest absolute Gasteiger partial charge is 0.338 e. The van der Waals surface area contributed by atoms with Crippen molar-refractivity contribution in [1.82, 2.24) is 4.90 Å². The number of phenols is 2. The Kier molecular flexibility index (Phi) is 7.70. The predicted molar refractivity (Wildman–Crippen MR) is 149 cm³/mol. The minimum atomic E-state index is -1.43. The van der Waals surface area contributed by atoms with Gasteiger partial charge in [-0.2, -0.15) is 0 Å².